The van der Waals surface area contributed by atoms with Crippen LogP contribution in [0.25, 0.3) is 0 Å². The molecule has 0 aliphatic heterocycles. The van der Waals surface area contributed by atoms with Gasteiger partial charge in [0.05, 0.1) is 0 Å². The first-order valence-electron chi connectivity index (χ1n) is 3.55. The molecular weight excluding hydrogens is 122 g/mol. The summed E-state index contributed by atoms with van der Waals surface area (Å²) in [5.74, 6) is 0. The fraction of sp³-hybridized carbons (Fsp3) is 0.556. The minimum absolute atomic E-state index is 0.128. The molecule has 0 aromatic carbocycles. The molecule has 0 fully saturated rings. The van der Waals surface area contributed by atoms with Gasteiger partial charge >= 0.3 is 0 Å². The first kappa shape index (κ1) is 9.44. The van der Waals surface area contributed by atoms with Gasteiger partial charge in [-0.25, -0.2) is 0 Å². The quantitative estimate of drug-likeness (QED) is 0.596. The molecule has 0 spiro atoms. The molecule has 0 aliphatic rings. The van der Waals surface area contributed by atoms with E-state index in [0.29, 0.717) is 0 Å². The van der Waals surface area contributed by atoms with Crippen molar-refractivity contribution in [3.05, 3.63) is 24.3 Å². The fourth-order valence-electron chi connectivity index (χ4n) is 0.880. The highest BCUT2D eigenvalue weighted by Gasteiger charge is 2.09. The Morgan fingerprint density at radius 1 is 1.60 bits per heavy atom. The van der Waals surface area contributed by atoms with Gasteiger partial charge in [0, 0.05) is 5.54 Å². The Bertz CT molecular complexity index is 137. The van der Waals surface area contributed by atoms with Crippen LogP contribution in [-0.4, -0.2) is 5.54 Å². The van der Waals surface area contributed by atoms with E-state index in [4.69, 9.17) is 5.73 Å². The third-order valence-electron chi connectivity index (χ3n) is 1.09. The molecule has 1 nitrogen and oxygen atoms in total. The van der Waals surface area contributed by atoms with E-state index in [-0.39, 0.29) is 5.54 Å². The van der Waals surface area contributed by atoms with Gasteiger partial charge in [-0.3, -0.25) is 0 Å². The van der Waals surface area contributed by atoms with Crippen LogP contribution in [-0.2, 0) is 0 Å². The minimum Gasteiger partial charge on any atom is -0.325 e. The first-order valence-corrected chi connectivity index (χ1v) is 3.55. The maximum Gasteiger partial charge on any atom is 0.0137 e. The van der Waals surface area contributed by atoms with E-state index in [0.717, 1.165) is 12.0 Å². The van der Waals surface area contributed by atoms with Crippen LogP contribution in [0.2, 0.25) is 0 Å². The topological polar surface area (TPSA) is 26.0 Å². The molecule has 0 unspecified atom stereocenters. The predicted octanol–water partition coefficient (Wildman–Crippen LogP) is 2.25. The maximum absolute atomic E-state index is 5.77. The second-order valence-electron chi connectivity index (χ2n) is 3.32. The van der Waals surface area contributed by atoms with Crippen LogP contribution in [0.1, 0.15) is 27.2 Å². The third-order valence-corrected chi connectivity index (χ3v) is 1.09. The van der Waals surface area contributed by atoms with Crippen molar-refractivity contribution in [2.75, 3.05) is 0 Å². The summed E-state index contributed by atoms with van der Waals surface area (Å²) in [4.78, 5) is 0. The van der Waals surface area contributed by atoms with E-state index < -0.39 is 0 Å². The molecule has 0 bridgehead atoms. The zero-order chi connectivity index (χ0) is 8.20. The molecule has 0 aromatic heterocycles. The van der Waals surface area contributed by atoms with Crippen LogP contribution in [0.4, 0.5) is 0 Å². The average molecular weight is 139 g/mol. The molecule has 0 saturated carbocycles. The van der Waals surface area contributed by atoms with Crippen LogP contribution in [0.15, 0.2) is 24.3 Å². The van der Waals surface area contributed by atoms with E-state index in [1.165, 1.54) is 0 Å². The summed E-state index contributed by atoms with van der Waals surface area (Å²) in [6.07, 6.45) is 4.83. The second-order valence-corrected chi connectivity index (χ2v) is 3.32. The molecule has 0 atom stereocenters. The molecular formula is C9H17N. The molecule has 58 valence electrons. The van der Waals surface area contributed by atoms with E-state index >= 15 is 0 Å². The van der Waals surface area contributed by atoms with Gasteiger partial charge in [0.15, 0.2) is 0 Å². The maximum atomic E-state index is 5.77. The number of allylic oxidation sites excluding steroid dienone is 2. The fourth-order valence-corrected chi connectivity index (χ4v) is 0.880. The Labute approximate surface area is 63.6 Å². The summed E-state index contributed by atoms with van der Waals surface area (Å²) in [5, 5.41) is 0. The highest BCUT2D eigenvalue weighted by atomic mass is 14.7. The zero-order valence-electron chi connectivity index (χ0n) is 7.15. The van der Waals surface area contributed by atoms with Crippen molar-refractivity contribution in [2.45, 2.75) is 32.7 Å². The van der Waals surface area contributed by atoms with Gasteiger partial charge < -0.3 is 5.73 Å². The lowest BCUT2D eigenvalue weighted by molar-refractivity contribution is 0.519. The smallest absolute Gasteiger partial charge is 0.0137 e. The van der Waals surface area contributed by atoms with Gasteiger partial charge in [-0.15, -0.1) is 0 Å². The number of hydrogen-bond acceptors (Lipinski definition) is 1. The van der Waals surface area contributed by atoms with Gasteiger partial charge in [-0.2, -0.15) is 0 Å². The average Bonchev–Trinajstić information content (AvgIpc) is 1.59. The Morgan fingerprint density at radius 2 is 2.10 bits per heavy atom. The molecule has 10 heavy (non-hydrogen) atoms. The van der Waals surface area contributed by atoms with Gasteiger partial charge in [0.25, 0.3) is 0 Å². The molecule has 1 heteroatoms. The summed E-state index contributed by atoms with van der Waals surface area (Å²) >= 11 is 0. The Kier molecular flexibility index (Phi) is 3.37. The number of hydrogen-bond donors (Lipinski definition) is 1. The summed E-state index contributed by atoms with van der Waals surface area (Å²) < 4.78 is 0. The van der Waals surface area contributed by atoms with Crippen LogP contribution in [0.3, 0.4) is 0 Å². The van der Waals surface area contributed by atoms with Crippen molar-refractivity contribution in [2.24, 2.45) is 5.73 Å². The van der Waals surface area contributed by atoms with Crippen LogP contribution >= 0.6 is 0 Å². The summed E-state index contributed by atoms with van der Waals surface area (Å²) in [6, 6.07) is 0. The molecule has 0 heterocycles. The van der Waals surface area contributed by atoms with Gasteiger partial charge in [0.1, 0.15) is 0 Å². The van der Waals surface area contributed by atoms with E-state index in [2.05, 4.69) is 6.58 Å². The monoisotopic (exact) mass is 139 g/mol. The highest BCUT2D eigenvalue weighted by molar-refractivity contribution is 5.16. The van der Waals surface area contributed by atoms with Gasteiger partial charge in [0.2, 0.25) is 0 Å². The normalized spacial score (nSPS) is 12.4. The van der Waals surface area contributed by atoms with Crippen LogP contribution in [0, 0.1) is 0 Å². The molecule has 0 radical (unpaired) electrons. The molecule has 0 saturated heterocycles. The summed E-state index contributed by atoms with van der Waals surface area (Å²) in [6.45, 7) is 9.85. The molecule has 0 rings (SSSR count). The van der Waals surface area contributed by atoms with E-state index in [1.54, 1.807) is 0 Å². The van der Waals surface area contributed by atoms with Crippen molar-refractivity contribution in [3.63, 3.8) is 0 Å². The Morgan fingerprint density at radius 3 is 2.40 bits per heavy atom. The van der Waals surface area contributed by atoms with Crippen LogP contribution < -0.4 is 5.73 Å². The molecule has 0 aromatic rings. The first-order chi connectivity index (χ1) is 4.45. The number of rotatable bonds is 3. The van der Waals surface area contributed by atoms with E-state index in [9.17, 15) is 0 Å². The Balaban J connectivity index is 3.81. The van der Waals surface area contributed by atoms with Gasteiger partial charge in [-0.05, 0) is 27.2 Å². The summed E-state index contributed by atoms with van der Waals surface area (Å²) in [5.41, 5.74) is 6.74. The summed E-state index contributed by atoms with van der Waals surface area (Å²) in [7, 11) is 0. The lowest BCUT2D eigenvalue weighted by atomic mass is 9.97. The molecule has 0 amide bonds. The SMILES string of the molecule is C=C(/C=C/C)CC(C)(C)N. The minimum atomic E-state index is -0.128. The van der Waals surface area contributed by atoms with E-state index in [1.807, 2.05) is 32.9 Å². The predicted molar refractivity (Wildman–Crippen MR) is 46.8 cm³/mol. The lowest BCUT2D eigenvalue weighted by Gasteiger charge is -2.17. The molecule has 2 N–H and O–H groups in total. The standard InChI is InChI=1S/C9H17N/c1-5-6-8(2)7-9(3,4)10/h5-6H,2,7,10H2,1,3-4H3/b6-5+. The third kappa shape index (κ3) is 5.57. The Hall–Kier alpha value is -0.560. The van der Waals surface area contributed by atoms with Crippen LogP contribution in [0.5, 0.6) is 0 Å². The second kappa shape index (κ2) is 3.57. The van der Waals surface area contributed by atoms with Crippen molar-refractivity contribution in [1.29, 1.82) is 0 Å². The number of nitrogens with two attached hydrogens (primary N) is 1. The van der Waals surface area contributed by atoms with Crippen molar-refractivity contribution < 1.29 is 0 Å². The lowest BCUT2D eigenvalue weighted by Crippen LogP contribution is -2.31. The zero-order valence-corrected chi connectivity index (χ0v) is 7.15. The van der Waals surface area contributed by atoms with Crippen molar-refractivity contribution in [3.8, 4) is 0 Å². The van der Waals surface area contributed by atoms with Crippen molar-refractivity contribution in [1.82, 2.24) is 0 Å². The largest absolute Gasteiger partial charge is 0.325 e. The highest BCUT2D eigenvalue weighted by Crippen LogP contribution is 2.11. The molecule has 0 aliphatic carbocycles. The van der Waals surface area contributed by atoms with Crippen molar-refractivity contribution >= 4 is 0 Å². The van der Waals surface area contributed by atoms with Gasteiger partial charge in [-0.1, -0.05) is 24.3 Å².